The number of aromatic nitrogens is 3. The van der Waals surface area contributed by atoms with Gasteiger partial charge in [-0.2, -0.15) is 5.10 Å². The second kappa shape index (κ2) is 3.88. The van der Waals surface area contributed by atoms with Crippen molar-refractivity contribution in [2.75, 3.05) is 5.73 Å². The summed E-state index contributed by atoms with van der Waals surface area (Å²) < 4.78 is 2.87. The monoisotopic (exact) mass is 304 g/mol. The molecule has 18 heavy (non-hydrogen) atoms. The fourth-order valence-electron chi connectivity index (χ4n) is 2.37. The van der Waals surface area contributed by atoms with Crippen LogP contribution in [0.4, 0.5) is 5.69 Å². The maximum absolute atomic E-state index is 6.02. The molecule has 0 spiro atoms. The molecule has 0 aliphatic heterocycles. The minimum absolute atomic E-state index is 0.699. The molecule has 1 aromatic carbocycles. The lowest BCUT2D eigenvalue weighted by atomic mass is 10.1. The van der Waals surface area contributed by atoms with E-state index in [1.165, 1.54) is 0 Å². The molecule has 3 N–H and O–H groups in total. The number of nitrogens with two attached hydrogens (primary N) is 1. The van der Waals surface area contributed by atoms with Gasteiger partial charge in [0.05, 0.1) is 17.6 Å². The number of H-pyrrole nitrogens is 1. The zero-order chi connectivity index (χ0) is 12.9. The molecular weight excluding hydrogens is 292 g/mol. The van der Waals surface area contributed by atoms with Crippen molar-refractivity contribution in [2.45, 2.75) is 6.92 Å². The number of fused-ring (bicyclic) bond motifs is 1. The largest absolute Gasteiger partial charge is 0.396 e. The second-order valence-electron chi connectivity index (χ2n) is 4.39. The summed E-state index contributed by atoms with van der Waals surface area (Å²) in [5.41, 5.74) is 11.0. The number of hydrogen-bond donors (Lipinski definition) is 2. The summed E-state index contributed by atoms with van der Waals surface area (Å²) in [6.07, 6.45) is 1.69. The van der Waals surface area contributed by atoms with E-state index in [4.69, 9.17) is 5.73 Å². The second-order valence-corrected chi connectivity index (χ2v) is 5.30. The average Bonchev–Trinajstić information content (AvgIpc) is 2.79. The van der Waals surface area contributed by atoms with E-state index in [0.29, 0.717) is 5.69 Å². The highest BCUT2D eigenvalue weighted by atomic mass is 79.9. The zero-order valence-corrected chi connectivity index (χ0v) is 11.7. The Morgan fingerprint density at radius 2 is 2.17 bits per heavy atom. The van der Waals surface area contributed by atoms with E-state index in [1.54, 1.807) is 6.20 Å². The van der Waals surface area contributed by atoms with E-state index in [0.717, 1.165) is 32.3 Å². The van der Waals surface area contributed by atoms with Crippen LogP contribution in [0.25, 0.3) is 22.2 Å². The van der Waals surface area contributed by atoms with Gasteiger partial charge in [-0.25, -0.2) is 0 Å². The first-order valence-electron chi connectivity index (χ1n) is 5.63. The normalized spacial score (nSPS) is 11.3. The Bertz CT molecular complexity index is 719. The highest BCUT2D eigenvalue weighted by Gasteiger charge is 2.16. The highest BCUT2D eigenvalue weighted by molar-refractivity contribution is 9.10. The molecule has 3 aromatic rings. The highest BCUT2D eigenvalue weighted by Crippen LogP contribution is 2.35. The molecule has 0 atom stereocenters. The summed E-state index contributed by atoms with van der Waals surface area (Å²) in [5.74, 6) is 0. The standard InChI is InChI=1S/C13H13BrN4/c1-7-12(13-10(15)6-16-18(13)2)9-4-3-8(14)5-11(9)17-7/h3-6,17H,15H2,1-2H3. The van der Waals surface area contributed by atoms with Crippen LogP contribution in [0.5, 0.6) is 0 Å². The van der Waals surface area contributed by atoms with Crippen molar-refractivity contribution in [1.82, 2.24) is 14.8 Å². The van der Waals surface area contributed by atoms with Crippen LogP contribution in [0, 0.1) is 6.92 Å². The Morgan fingerprint density at radius 3 is 2.83 bits per heavy atom. The fourth-order valence-corrected chi connectivity index (χ4v) is 2.73. The van der Waals surface area contributed by atoms with Crippen molar-refractivity contribution in [2.24, 2.45) is 7.05 Å². The first-order chi connectivity index (χ1) is 8.58. The number of nitrogen functional groups attached to an aromatic ring is 1. The number of aryl methyl sites for hydroxylation is 2. The zero-order valence-electron chi connectivity index (χ0n) is 10.2. The van der Waals surface area contributed by atoms with Gasteiger partial charge >= 0.3 is 0 Å². The third-order valence-corrected chi connectivity index (χ3v) is 3.65. The molecule has 0 saturated carbocycles. The average molecular weight is 305 g/mol. The van der Waals surface area contributed by atoms with Crippen LogP contribution in [-0.4, -0.2) is 14.8 Å². The van der Waals surface area contributed by atoms with Gasteiger partial charge in [-0.15, -0.1) is 0 Å². The minimum Gasteiger partial charge on any atom is -0.396 e. The van der Waals surface area contributed by atoms with Crippen molar-refractivity contribution in [3.05, 3.63) is 34.6 Å². The topological polar surface area (TPSA) is 59.6 Å². The Balaban J connectivity index is 2.39. The number of aromatic amines is 1. The molecule has 0 aliphatic rings. The number of benzene rings is 1. The van der Waals surface area contributed by atoms with Crippen LogP contribution >= 0.6 is 15.9 Å². The SMILES string of the molecule is Cc1[nH]c2cc(Br)ccc2c1-c1c(N)cnn1C. The van der Waals surface area contributed by atoms with Gasteiger partial charge in [-0.1, -0.05) is 22.0 Å². The third kappa shape index (κ3) is 1.54. The van der Waals surface area contributed by atoms with Gasteiger partial charge in [0.1, 0.15) is 0 Å². The lowest BCUT2D eigenvalue weighted by Gasteiger charge is -2.04. The Hall–Kier alpha value is -1.75. The summed E-state index contributed by atoms with van der Waals surface area (Å²) in [4.78, 5) is 3.38. The lowest BCUT2D eigenvalue weighted by Crippen LogP contribution is -1.96. The van der Waals surface area contributed by atoms with Crippen molar-refractivity contribution < 1.29 is 0 Å². The van der Waals surface area contributed by atoms with E-state index in [9.17, 15) is 0 Å². The van der Waals surface area contributed by atoms with Gasteiger partial charge in [0.2, 0.25) is 0 Å². The van der Waals surface area contributed by atoms with Crippen molar-refractivity contribution in [3.8, 4) is 11.3 Å². The first-order valence-corrected chi connectivity index (χ1v) is 6.43. The molecule has 0 unspecified atom stereocenters. The van der Waals surface area contributed by atoms with Gasteiger partial charge < -0.3 is 10.7 Å². The molecule has 4 nitrogen and oxygen atoms in total. The van der Waals surface area contributed by atoms with Crippen LogP contribution in [0.3, 0.4) is 0 Å². The Labute approximate surface area is 113 Å². The number of halogens is 1. The van der Waals surface area contributed by atoms with Gasteiger partial charge in [-0.05, 0) is 19.1 Å². The molecule has 0 saturated heterocycles. The number of nitrogens with zero attached hydrogens (tertiary/aromatic N) is 2. The van der Waals surface area contributed by atoms with E-state index in [2.05, 4.69) is 45.1 Å². The molecule has 3 rings (SSSR count). The predicted molar refractivity (Wildman–Crippen MR) is 77.4 cm³/mol. The summed E-state index contributed by atoms with van der Waals surface area (Å²) in [6, 6.07) is 6.19. The molecule has 0 bridgehead atoms. The van der Waals surface area contributed by atoms with Crippen LogP contribution in [0.1, 0.15) is 5.69 Å². The molecular formula is C13H13BrN4. The number of anilines is 1. The molecule has 2 heterocycles. The molecule has 0 radical (unpaired) electrons. The van der Waals surface area contributed by atoms with Crippen LogP contribution in [-0.2, 0) is 7.05 Å². The number of nitrogens with one attached hydrogen (secondary N) is 1. The predicted octanol–water partition coefficient (Wildman–Crippen LogP) is 3.22. The summed E-state index contributed by atoms with van der Waals surface area (Å²) in [5, 5.41) is 5.36. The number of rotatable bonds is 1. The first kappa shape index (κ1) is 11.3. The third-order valence-electron chi connectivity index (χ3n) is 3.15. The van der Waals surface area contributed by atoms with Gasteiger partial charge in [-0.3, -0.25) is 4.68 Å². The molecule has 0 aliphatic carbocycles. The fraction of sp³-hybridized carbons (Fsp3) is 0.154. The molecule has 92 valence electrons. The number of hydrogen-bond acceptors (Lipinski definition) is 2. The lowest BCUT2D eigenvalue weighted by molar-refractivity contribution is 0.776. The minimum atomic E-state index is 0.699. The van der Waals surface area contributed by atoms with Gasteiger partial charge in [0, 0.05) is 33.7 Å². The van der Waals surface area contributed by atoms with Crippen LogP contribution < -0.4 is 5.73 Å². The van der Waals surface area contributed by atoms with Crippen molar-refractivity contribution >= 4 is 32.5 Å². The van der Waals surface area contributed by atoms with Crippen LogP contribution in [0.15, 0.2) is 28.9 Å². The summed E-state index contributed by atoms with van der Waals surface area (Å²) >= 11 is 3.48. The Morgan fingerprint density at radius 1 is 1.39 bits per heavy atom. The van der Waals surface area contributed by atoms with Crippen molar-refractivity contribution in [1.29, 1.82) is 0 Å². The smallest absolute Gasteiger partial charge is 0.0932 e. The van der Waals surface area contributed by atoms with Crippen molar-refractivity contribution in [3.63, 3.8) is 0 Å². The van der Waals surface area contributed by atoms with E-state index >= 15 is 0 Å². The maximum atomic E-state index is 6.02. The van der Waals surface area contributed by atoms with E-state index < -0.39 is 0 Å². The maximum Gasteiger partial charge on any atom is 0.0932 e. The van der Waals surface area contributed by atoms with Gasteiger partial charge in [0.25, 0.3) is 0 Å². The van der Waals surface area contributed by atoms with E-state index in [-0.39, 0.29) is 0 Å². The molecule has 0 amide bonds. The summed E-state index contributed by atoms with van der Waals surface area (Å²) in [6.45, 7) is 2.05. The van der Waals surface area contributed by atoms with Crippen LogP contribution in [0.2, 0.25) is 0 Å². The summed E-state index contributed by atoms with van der Waals surface area (Å²) in [7, 11) is 1.91. The quantitative estimate of drug-likeness (QED) is 0.725. The molecule has 5 heteroatoms. The molecule has 0 fully saturated rings. The van der Waals surface area contributed by atoms with E-state index in [1.807, 2.05) is 17.8 Å². The van der Waals surface area contributed by atoms with Gasteiger partial charge in [0.15, 0.2) is 0 Å². The Kier molecular flexibility index (Phi) is 2.45. The molecule has 2 aromatic heterocycles.